The molecule has 0 N–H and O–H groups in total. The van der Waals surface area contributed by atoms with Crippen LogP contribution in [0.1, 0.15) is 53.0 Å². The predicted octanol–water partition coefficient (Wildman–Crippen LogP) is 2.66. The van der Waals surface area contributed by atoms with Crippen molar-refractivity contribution in [3.8, 4) is 5.75 Å². The third-order valence-corrected chi connectivity index (χ3v) is 4.91. The number of carbonyl (C=O) groups excluding carboxylic acids is 1. The fourth-order valence-corrected chi connectivity index (χ4v) is 2.63. The van der Waals surface area contributed by atoms with Crippen molar-refractivity contribution in [3.63, 3.8) is 0 Å². The molecule has 132 valence electrons. The Balaban J connectivity index is 2.42. The van der Waals surface area contributed by atoms with Gasteiger partial charge in [-0.25, -0.2) is 0 Å². The molecule has 24 heavy (non-hydrogen) atoms. The van der Waals surface area contributed by atoms with Crippen LogP contribution in [0.15, 0.2) is 18.2 Å². The van der Waals surface area contributed by atoms with Crippen LogP contribution in [-0.2, 0) is 18.8 Å². The zero-order valence-corrected chi connectivity index (χ0v) is 15.6. The van der Waals surface area contributed by atoms with Gasteiger partial charge in [-0.2, -0.15) is 0 Å². The van der Waals surface area contributed by atoms with Crippen molar-refractivity contribution >= 4 is 18.6 Å². The third kappa shape index (κ3) is 3.45. The number of hydrogen-bond acceptors (Lipinski definition) is 5. The second-order valence-electron chi connectivity index (χ2n) is 7.06. The van der Waals surface area contributed by atoms with Gasteiger partial charge in [-0.15, -0.1) is 0 Å². The van der Waals surface area contributed by atoms with Crippen LogP contribution in [0.3, 0.4) is 0 Å². The first kappa shape index (κ1) is 18.8. The van der Waals surface area contributed by atoms with Crippen molar-refractivity contribution in [3.05, 3.63) is 23.8 Å². The van der Waals surface area contributed by atoms with Gasteiger partial charge < -0.3 is 18.8 Å². The summed E-state index contributed by atoms with van der Waals surface area (Å²) in [6.45, 7) is 12.0. The molecule has 0 bridgehead atoms. The van der Waals surface area contributed by atoms with Gasteiger partial charge in [-0.3, -0.25) is 4.79 Å². The minimum atomic E-state index is -0.534. The first-order valence-corrected chi connectivity index (χ1v) is 8.33. The Labute approximate surface area is 144 Å². The lowest BCUT2D eigenvalue weighted by atomic mass is 9.73. The Bertz CT molecular complexity index is 595. The van der Waals surface area contributed by atoms with Crippen LogP contribution in [0.5, 0.6) is 5.75 Å². The monoisotopic (exact) mass is 334 g/mol. The lowest BCUT2D eigenvalue weighted by molar-refractivity contribution is -0.144. The average molecular weight is 334 g/mol. The van der Waals surface area contributed by atoms with Crippen molar-refractivity contribution in [1.82, 2.24) is 0 Å². The second kappa shape index (κ2) is 6.77. The Kier molecular flexibility index (Phi) is 5.30. The molecular weight excluding hydrogens is 307 g/mol. The molecule has 5 nitrogen and oxygen atoms in total. The highest BCUT2D eigenvalue weighted by atomic mass is 16.7. The maximum absolute atomic E-state index is 12.2. The van der Waals surface area contributed by atoms with E-state index < -0.39 is 24.2 Å². The van der Waals surface area contributed by atoms with Gasteiger partial charge in [0.25, 0.3) is 0 Å². The number of carbonyl (C=O) groups is 1. The van der Waals surface area contributed by atoms with Crippen molar-refractivity contribution < 1.29 is 23.6 Å². The van der Waals surface area contributed by atoms with Gasteiger partial charge in [0.05, 0.1) is 30.8 Å². The van der Waals surface area contributed by atoms with E-state index in [2.05, 4.69) is 0 Å². The summed E-state index contributed by atoms with van der Waals surface area (Å²) in [5.74, 6) is -0.0287. The van der Waals surface area contributed by atoms with Crippen LogP contribution in [0.4, 0.5) is 0 Å². The largest absolute Gasteiger partial charge is 0.497 e. The minimum absolute atomic E-state index is 0.275. The first-order chi connectivity index (χ1) is 11.1. The maximum Gasteiger partial charge on any atom is 0.495 e. The molecule has 1 fully saturated rings. The Morgan fingerprint density at radius 1 is 1.21 bits per heavy atom. The molecule has 0 amide bonds. The summed E-state index contributed by atoms with van der Waals surface area (Å²) in [5, 5.41) is 0. The Hall–Kier alpha value is -1.53. The lowest BCUT2D eigenvalue weighted by Crippen LogP contribution is -2.41. The maximum atomic E-state index is 12.2. The topological polar surface area (TPSA) is 54.0 Å². The quantitative estimate of drug-likeness (QED) is 0.612. The molecular formula is C18H27BO5. The molecule has 1 heterocycles. The molecule has 2 rings (SSSR count). The molecule has 1 unspecified atom stereocenters. The first-order valence-electron chi connectivity index (χ1n) is 8.33. The van der Waals surface area contributed by atoms with Crippen molar-refractivity contribution in [2.75, 3.05) is 13.7 Å². The van der Waals surface area contributed by atoms with Crippen LogP contribution in [0, 0.1) is 0 Å². The van der Waals surface area contributed by atoms with E-state index >= 15 is 0 Å². The van der Waals surface area contributed by atoms with E-state index in [4.69, 9.17) is 18.8 Å². The summed E-state index contributed by atoms with van der Waals surface area (Å²) >= 11 is 0. The van der Waals surface area contributed by atoms with Crippen molar-refractivity contribution in [2.24, 2.45) is 0 Å². The van der Waals surface area contributed by atoms with E-state index in [1.165, 1.54) is 0 Å². The molecule has 1 atom stereocenters. The van der Waals surface area contributed by atoms with Gasteiger partial charge in [0.15, 0.2) is 0 Å². The Morgan fingerprint density at radius 2 is 1.79 bits per heavy atom. The van der Waals surface area contributed by atoms with Gasteiger partial charge in [0.2, 0.25) is 0 Å². The molecule has 0 aliphatic carbocycles. The number of ether oxygens (including phenoxy) is 2. The van der Waals surface area contributed by atoms with E-state index in [9.17, 15) is 4.79 Å². The summed E-state index contributed by atoms with van der Waals surface area (Å²) in [6.07, 6.45) is 0. The van der Waals surface area contributed by atoms with Crippen LogP contribution < -0.4 is 10.2 Å². The third-order valence-electron chi connectivity index (χ3n) is 4.91. The SMILES string of the molecule is CCOC(=O)C(C)c1cc(OC)ccc1B1OC(C)(C)C(C)(C)O1. The minimum Gasteiger partial charge on any atom is -0.497 e. The fourth-order valence-electron chi connectivity index (χ4n) is 2.63. The zero-order valence-electron chi connectivity index (χ0n) is 15.6. The van der Waals surface area contributed by atoms with Crippen molar-refractivity contribution in [1.29, 1.82) is 0 Å². The highest BCUT2D eigenvalue weighted by Crippen LogP contribution is 2.37. The number of hydrogen-bond donors (Lipinski definition) is 0. The van der Waals surface area contributed by atoms with Gasteiger partial charge in [0, 0.05) is 0 Å². The molecule has 6 heteroatoms. The van der Waals surface area contributed by atoms with Crippen LogP contribution in [0.25, 0.3) is 0 Å². The van der Waals surface area contributed by atoms with E-state index in [0.29, 0.717) is 12.4 Å². The number of methoxy groups -OCH3 is 1. The zero-order chi connectivity index (χ0) is 18.1. The summed E-state index contributed by atoms with van der Waals surface area (Å²) in [4.78, 5) is 12.2. The molecule has 1 aliphatic rings. The molecule has 1 aromatic rings. The standard InChI is InChI=1S/C18H27BO5/c1-8-22-16(20)12(2)14-11-13(21-7)9-10-15(14)19-23-17(3,4)18(5,6)24-19/h9-12H,8H2,1-7H3. The summed E-state index contributed by atoms with van der Waals surface area (Å²) in [6, 6.07) is 5.59. The molecule has 0 radical (unpaired) electrons. The van der Waals surface area contributed by atoms with Crippen LogP contribution in [0.2, 0.25) is 0 Å². The molecule has 1 aromatic carbocycles. The number of benzene rings is 1. The molecule has 0 spiro atoms. The van der Waals surface area contributed by atoms with E-state index in [0.717, 1.165) is 11.0 Å². The van der Waals surface area contributed by atoms with E-state index in [-0.39, 0.29) is 5.97 Å². The highest BCUT2D eigenvalue weighted by molar-refractivity contribution is 6.62. The lowest BCUT2D eigenvalue weighted by Gasteiger charge is -2.32. The van der Waals surface area contributed by atoms with Crippen LogP contribution in [-0.4, -0.2) is 38.0 Å². The molecule has 0 saturated carbocycles. The fraction of sp³-hybridized carbons (Fsp3) is 0.611. The smallest absolute Gasteiger partial charge is 0.495 e. The van der Waals surface area contributed by atoms with Gasteiger partial charge in [0.1, 0.15) is 5.75 Å². The summed E-state index contributed by atoms with van der Waals surface area (Å²) in [5.41, 5.74) is 0.741. The molecule has 0 aromatic heterocycles. The Morgan fingerprint density at radius 3 is 2.29 bits per heavy atom. The molecule has 1 aliphatic heterocycles. The van der Waals surface area contributed by atoms with Crippen molar-refractivity contribution in [2.45, 2.75) is 58.7 Å². The summed E-state index contributed by atoms with van der Waals surface area (Å²) in [7, 11) is 1.07. The van der Waals surface area contributed by atoms with Gasteiger partial charge in [-0.1, -0.05) is 6.07 Å². The molecule has 1 saturated heterocycles. The normalized spacial score (nSPS) is 19.9. The average Bonchev–Trinajstić information content (AvgIpc) is 2.74. The predicted molar refractivity (Wildman–Crippen MR) is 93.8 cm³/mol. The van der Waals surface area contributed by atoms with E-state index in [1.807, 2.05) is 52.8 Å². The number of rotatable bonds is 5. The van der Waals surface area contributed by atoms with Gasteiger partial charge >= 0.3 is 13.1 Å². The van der Waals surface area contributed by atoms with Crippen LogP contribution >= 0.6 is 0 Å². The second-order valence-corrected chi connectivity index (χ2v) is 7.06. The summed E-state index contributed by atoms with van der Waals surface area (Å²) < 4.78 is 22.8. The van der Waals surface area contributed by atoms with E-state index in [1.54, 1.807) is 14.0 Å². The highest BCUT2D eigenvalue weighted by Gasteiger charge is 2.52. The number of esters is 1. The van der Waals surface area contributed by atoms with Gasteiger partial charge in [-0.05, 0) is 64.7 Å².